The summed E-state index contributed by atoms with van der Waals surface area (Å²) in [6.07, 6.45) is 1.37. The van der Waals surface area contributed by atoms with Crippen molar-refractivity contribution in [3.05, 3.63) is 48.4 Å². The lowest BCUT2D eigenvalue weighted by molar-refractivity contribution is 0.595. The highest BCUT2D eigenvalue weighted by atomic mass is 32.2. The van der Waals surface area contributed by atoms with Crippen molar-refractivity contribution in [2.45, 2.75) is 11.9 Å². The molecule has 0 aliphatic rings. The fourth-order valence-electron chi connectivity index (χ4n) is 1.67. The van der Waals surface area contributed by atoms with Gasteiger partial charge in [0.1, 0.15) is 5.82 Å². The van der Waals surface area contributed by atoms with Gasteiger partial charge >= 0.3 is 0 Å². The summed E-state index contributed by atoms with van der Waals surface area (Å²) in [6, 6.07) is 8.79. The first-order valence-electron chi connectivity index (χ1n) is 6.01. The Morgan fingerprint density at radius 1 is 1.15 bits per heavy atom. The molecule has 1 aromatic carbocycles. The SMILES string of the molecule is CCNc1cccnc1S(=O)(=O)Nc1ccccc1F. The summed E-state index contributed by atoms with van der Waals surface area (Å²) in [7, 11) is -3.95. The van der Waals surface area contributed by atoms with Gasteiger partial charge in [-0.25, -0.2) is 9.37 Å². The van der Waals surface area contributed by atoms with Gasteiger partial charge in [-0.15, -0.1) is 0 Å². The highest BCUT2D eigenvalue weighted by Crippen LogP contribution is 2.22. The number of hydrogen-bond donors (Lipinski definition) is 2. The lowest BCUT2D eigenvalue weighted by Gasteiger charge is -2.12. The zero-order valence-corrected chi connectivity index (χ0v) is 11.6. The van der Waals surface area contributed by atoms with Gasteiger partial charge in [-0.2, -0.15) is 8.42 Å². The highest BCUT2D eigenvalue weighted by Gasteiger charge is 2.21. The molecule has 0 fully saturated rings. The van der Waals surface area contributed by atoms with Crippen LogP contribution in [-0.2, 0) is 10.0 Å². The van der Waals surface area contributed by atoms with E-state index in [2.05, 4.69) is 15.0 Å². The van der Waals surface area contributed by atoms with Crippen LogP contribution in [0.2, 0.25) is 0 Å². The fraction of sp³-hybridized carbons (Fsp3) is 0.154. The highest BCUT2D eigenvalue weighted by molar-refractivity contribution is 7.92. The third-order valence-corrected chi connectivity index (χ3v) is 3.83. The molecule has 0 atom stereocenters. The Kier molecular flexibility index (Phi) is 4.19. The molecule has 2 aromatic rings. The summed E-state index contributed by atoms with van der Waals surface area (Å²) in [6.45, 7) is 2.39. The van der Waals surface area contributed by atoms with Gasteiger partial charge in [0.25, 0.3) is 10.0 Å². The van der Waals surface area contributed by atoms with E-state index < -0.39 is 15.8 Å². The van der Waals surface area contributed by atoms with Gasteiger partial charge in [0, 0.05) is 12.7 Å². The van der Waals surface area contributed by atoms with E-state index in [1.54, 1.807) is 18.2 Å². The average Bonchev–Trinajstić information content (AvgIpc) is 2.42. The van der Waals surface area contributed by atoms with Crippen molar-refractivity contribution >= 4 is 21.4 Å². The fourth-order valence-corrected chi connectivity index (χ4v) is 2.85. The number of rotatable bonds is 5. The number of hydrogen-bond acceptors (Lipinski definition) is 4. The summed E-state index contributed by atoms with van der Waals surface area (Å²) in [5.41, 5.74) is 0.263. The Morgan fingerprint density at radius 3 is 2.55 bits per heavy atom. The van der Waals surface area contributed by atoms with Crippen molar-refractivity contribution in [2.75, 3.05) is 16.6 Å². The molecule has 0 spiro atoms. The van der Waals surface area contributed by atoms with E-state index >= 15 is 0 Å². The molecule has 2 N–H and O–H groups in total. The van der Waals surface area contributed by atoms with Gasteiger partial charge in [0.05, 0.1) is 11.4 Å². The molecule has 0 amide bonds. The van der Waals surface area contributed by atoms with Crippen molar-refractivity contribution in [2.24, 2.45) is 0 Å². The normalized spacial score (nSPS) is 11.1. The molecule has 7 heteroatoms. The first-order valence-corrected chi connectivity index (χ1v) is 7.49. The number of para-hydroxylation sites is 1. The smallest absolute Gasteiger partial charge is 0.281 e. The second kappa shape index (κ2) is 5.87. The van der Waals surface area contributed by atoms with E-state index in [4.69, 9.17) is 0 Å². The topological polar surface area (TPSA) is 71.1 Å². The number of halogens is 1. The van der Waals surface area contributed by atoms with Gasteiger partial charge in [0.15, 0.2) is 5.03 Å². The number of nitrogens with one attached hydrogen (secondary N) is 2. The van der Waals surface area contributed by atoms with Crippen molar-refractivity contribution in [3.63, 3.8) is 0 Å². The molecule has 0 radical (unpaired) electrons. The van der Waals surface area contributed by atoms with Crippen LogP contribution in [-0.4, -0.2) is 19.9 Å². The zero-order valence-electron chi connectivity index (χ0n) is 10.8. The molecular weight excluding hydrogens is 281 g/mol. The van der Waals surface area contributed by atoms with Gasteiger partial charge in [0.2, 0.25) is 0 Å². The van der Waals surface area contributed by atoms with Crippen molar-refractivity contribution < 1.29 is 12.8 Å². The van der Waals surface area contributed by atoms with Gasteiger partial charge in [-0.3, -0.25) is 4.72 Å². The number of pyridine rings is 1. The molecule has 0 bridgehead atoms. The minimum atomic E-state index is -3.95. The van der Waals surface area contributed by atoms with E-state index in [1.165, 1.54) is 24.4 Å². The molecule has 2 rings (SSSR count). The molecule has 1 aromatic heterocycles. The molecule has 0 saturated heterocycles. The Balaban J connectivity index is 2.39. The Morgan fingerprint density at radius 2 is 1.85 bits per heavy atom. The quantitative estimate of drug-likeness (QED) is 0.889. The molecule has 0 unspecified atom stereocenters. The molecule has 0 saturated carbocycles. The summed E-state index contributed by atoms with van der Waals surface area (Å²) >= 11 is 0. The molecule has 106 valence electrons. The minimum Gasteiger partial charge on any atom is -0.383 e. The maximum absolute atomic E-state index is 13.5. The van der Waals surface area contributed by atoms with Gasteiger partial charge in [-0.05, 0) is 31.2 Å². The van der Waals surface area contributed by atoms with E-state index in [9.17, 15) is 12.8 Å². The van der Waals surface area contributed by atoms with Crippen LogP contribution < -0.4 is 10.0 Å². The number of aromatic nitrogens is 1. The lowest BCUT2D eigenvalue weighted by Crippen LogP contribution is -2.17. The van der Waals surface area contributed by atoms with Crippen LogP contribution in [0, 0.1) is 5.82 Å². The average molecular weight is 295 g/mol. The minimum absolute atomic E-state index is 0.111. The monoisotopic (exact) mass is 295 g/mol. The van der Waals surface area contributed by atoms with Gasteiger partial charge in [-0.1, -0.05) is 12.1 Å². The molecule has 5 nitrogen and oxygen atoms in total. The summed E-state index contributed by atoms with van der Waals surface area (Å²) in [5, 5.41) is 2.75. The van der Waals surface area contributed by atoms with Crippen LogP contribution in [0.3, 0.4) is 0 Å². The van der Waals surface area contributed by atoms with E-state index in [-0.39, 0.29) is 10.7 Å². The van der Waals surface area contributed by atoms with E-state index in [1.807, 2.05) is 6.92 Å². The Hall–Kier alpha value is -2.15. The van der Waals surface area contributed by atoms with Crippen LogP contribution in [0.15, 0.2) is 47.6 Å². The molecule has 0 aliphatic heterocycles. The number of benzene rings is 1. The Labute approximate surface area is 116 Å². The van der Waals surface area contributed by atoms with Crippen LogP contribution in [0.25, 0.3) is 0 Å². The number of anilines is 2. The first kappa shape index (κ1) is 14.3. The first-order chi connectivity index (χ1) is 9.54. The largest absolute Gasteiger partial charge is 0.383 e. The standard InChI is InChI=1S/C13H14FN3O2S/c1-2-15-12-8-5-9-16-13(12)20(18,19)17-11-7-4-3-6-10(11)14/h3-9,15,17H,2H2,1H3. The Bertz CT molecular complexity index is 704. The van der Waals surface area contributed by atoms with E-state index in [0.29, 0.717) is 12.2 Å². The maximum Gasteiger partial charge on any atom is 0.281 e. The lowest BCUT2D eigenvalue weighted by atomic mass is 10.3. The van der Waals surface area contributed by atoms with E-state index in [0.717, 1.165) is 0 Å². The molecule has 1 heterocycles. The number of sulfonamides is 1. The van der Waals surface area contributed by atoms with Crippen LogP contribution in [0.1, 0.15) is 6.92 Å². The van der Waals surface area contributed by atoms with Crippen LogP contribution in [0.4, 0.5) is 15.8 Å². The molecular formula is C13H14FN3O2S. The second-order valence-electron chi connectivity index (χ2n) is 3.97. The van der Waals surface area contributed by atoms with Crippen LogP contribution in [0.5, 0.6) is 0 Å². The molecule has 20 heavy (non-hydrogen) atoms. The second-order valence-corrected chi connectivity index (χ2v) is 5.57. The van der Waals surface area contributed by atoms with Crippen molar-refractivity contribution in [3.8, 4) is 0 Å². The summed E-state index contributed by atoms with van der Waals surface area (Å²) in [5.74, 6) is -0.642. The third kappa shape index (κ3) is 3.05. The summed E-state index contributed by atoms with van der Waals surface area (Å²) < 4.78 is 40.3. The van der Waals surface area contributed by atoms with Crippen molar-refractivity contribution in [1.82, 2.24) is 4.98 Å². The zero-order chi connectivity index (χ0) is 14.6. The predicted molar refractivity (Wildman–Crippen MR) is 75.6 cm³/mol. The predicted octanol–water partition coefficient (Wildman–Crippen LogP) is 2.45. The van der Waals surface area contributed by atoms with Gasteiger partial charge < -0.3 is 5.32 Å². The van der Waals surface area contributed by atoms with Crippen LogP contribution >= 0.6 is 0 Å². The molecule has 0 aliphatic carbocycles. The third-order valence-electron chi connectivity index (χ3n) is 2.51. The van der Waals surface area contributed by atoms with Crippen molar-refractivity contribution in [1.29, 1.82) is 0 Å². The number of nitrogens with zero attached hydrogens (tertiary/aromatic N) is 1. The maximum atomic E-state index is 13.5. The summed E-state index contributed by atoms with van der Waals surface area (Å²) in [4.78, 5) is 3.86.